The fraction of sp³-hybridized carbons (Fsp3) is 0.250. The molecule has 1 fully saturated rings. The largest absolute Gasteiger partial charge is 0.382 e. The third-order valence-electron chi connectivity index (χ3n) is 4.71. The molecule has 0 unspecified atom stereocenters. The lowest BCUT2D eigenvalue weighted by Gasteiger charge is -2.11. The Morgan fingerprint density at radius 3 is 2.89 bits per heavy atom. The van der Waals surface area contributed by atoms with Crippen LogP contribution >= 0.6 is 11.3 Å². The summed E-state index contributed by atoms with van der Waals surface area (Å²) in [5, 5.41) is 18.5. The Labute approximate surface area is 166 Å². The van der Waals surface area contributed by atoms with Crippen LogP contribution in [0.5, 0.6) is 0 Å². The number of anilines is 1. The summed E-state index contributed by atoms with van der Waals surface area (Å²) >= 11 is 1.58. The number of nitrogens with one attached hydrogen (secondary N) is 1. The first-order valence-corrected chi connectivity index (χ1v) is 9.99. The summed E-state index contributed by atoms with van der Waals surface area (Å²) < 4.78 is 1.91. The van der Waals surface area contributed by atoms with Crippen molar-refractivity contribution in [2.45, 2.75) is 32.4 Å². The number of fused-ring (bicyclic) bond motifs is 1. The van der Waals surface area contributed by atoms with Gasteiger partial charge in [0.15, 0.2) is 5.01 Å². The summed E-state index contributed by atoms with van der Waals surface area (Å²) in [6, 6.07) is 8.79. The fourth-order valence-electron chi connectivity index (χ4n) is 3.19. The Hall–Kier alpha value is -3.13. The summed E-state index contributed by atoms with van der Waals surface area (Å²) in [7, 11) is 0. The minimum absolute atomic E-state index is 0.527. The van der Waals surface area contributed by atoms with Gasteiger partial charge >= 0.3 is 0 Å². The van der Waals surface area contributed by atoms with Gasteiger partial charge in [0.25, 0.3) is 0 Å². The first-order chi connectivity index (χ1) is 13.7. The van der Waals surface area contributed by atoms with E-state index < -0.39 is 0 Å². The zero-order chi connectivity index (χ0) is 19.1. The fourth-order valence-corrected chi connectivity index (χ4v) is 3.91. The van der Waals surface area contributed by atoms with E-state index >= 15 is 0 Å². The summed E-state index contributed by atoms with van der Waals surface area (Å²) in [6.45, 7) is 6.08. The highest BCUT2D eigenvalue weighted by Crippen LogP contribution is 2.36. The van der Waals surface area contributed by atoms with Crippen LogP contribution in [0, 0.1) is 6.92 Å². The third kappa shape index (κ3) is 3.16. The molecule has 0 radical (unpaired) electrons. The average Bonchev–Trinajstić information content (AvgIpc) is 3.24. The predicted molar refractivity (Wildman–Crippen MR) is 112 cm³/mol. The van der Waals surface area contributed by atoms with E-state index in [2.05, 4.69) is 44.5 Å². The Kier molecular flexibility index (Phi) is 4.12. The summed E-state index contributed by atoms with van der Waals surface area (Å²) in [5.74, 6) is 0. The molecule has 0 saturated heterocycles. The molecule has 1 saturated carbocycles. The predicted octanol–water partition coefficient (Wildman–Crippen LogP) is 4.00. The van der Waals surface area contributed by atoms with Crippen LogP contribution in [0.2, 0.25) is 0 Å². The van der Waals surface area contributed by atoms with Gasteiger partial charge in [0, 0.05) is 17.9 Å². The van der Waals surface area contributed by atoms with Crippen molar-refractivity contribution in [1.82, 2.24) is 24.8 Å². The molecule has 1 aliphatic rings. The number of hydrogen-bond acceptors (Lipinski definition) is 7. The maximum absolute atomic E-state index is 4.71. The first-order valence-electron chi connectivity index (χ1n) is 9.18. The maximum atomic E-state index is 4.71. The van der Waals surface area contributed by atoms with Crippen molar-refractivity contribution >= 4 is 29.3 Å². The molecule has 0 atom stereocenters. The quantitative estimate of drug-likeness (QED) is 0.504. The smallest absolute Gasteiger partial charge is 0.151 e. The van der Waals surface area contributed by atoms with Crippen LogP contribution < -0.4 is 5.32 Å². The van der Waals surface area contributed by atoms with Crippen molar-refractivity contribution < 1.29 is 0 Å². The zero-order valence-electron chi connectivity index (χ0n) is 15.5. The van der Waals surface area contributed by atoms with Crippen LogP contribution in [0.4, 0.5) is 5.69 Å². The Bertz CT molecular complexity index is 1170. The highest BCUT2D eigenvalue weighted by atomic mass is 32.1. The molecule has 0 bridgehead atoms. The second-order valence-corrected chi connectivity index (χ2v) is 8.14. The van der Waals surface area contributed by atoms with E-state index in [1.807, 2.05) is 36.0 Å². The van der Waals surface area contributed by atoms with Crippen LogP contribution in [-0.2, 0) is 6.54 Å². The van der Waals surface area contributed by atoms with Gasteiger partial charge in [-0.2, -0.15) is 5.10 Å². The molecule has 4 aromatic heterocycles. The number of aromatic nitrogens is 5. The molecule has 0 aromatic carbocycles. The van der Waals surface area contributed by atoms with Crippen LogP contribution in [0.25, 0.3) is 27.5 Å². The first kappa shape index (κ1) is 17.0. The second kappa shape index (κ2) is 6.79. The molecular formula is C20H19N7S. The van der Waals surface area contributed by atoms with E-state index in [0.29, 0.717) is 12.6 Å². The molecule has 1 aliphatic carbocycles. The maximum Gasteiger partial charge on any atom is 0.151 e. The van der Waals surface area contributed by atoms with Crippen LogP contribution in [0.15, 0.2) is 41.7 Å². The van der Waals surface area contributed by atoms with Crippen molar-refractivity contribution in [3.8, 4) is 22.0 Å². The molecule has 5 rings (SSSR count). The molecule has 0 spiro atoms. The molecule has 4 heterocycles. The highest BCUT2D eigenvalue weighted by Gasteiger charge is 2.24. The van der Waals surface area contributed by atoms with Crippen LogP contribution in [0.1, 0.15) is 23.4 Å². The molecule has 8 heteroatoms. The lowest BCUT2D eigenvalue weighted by Crippen LogP contribution is -2.04. The van der Waals surface area contributed by atoms with Gasteiger partial charge in [-0.05, 0) is 56.3 Å². The number of aliphatic imine (C=N–C) groups is 1. The third-order valence-corrected chi connectivity index (χ3v) is 5.58. The van der Waals surface area contributed by atoms with Gasteiger partial charge in [-0.15, -0.1) is 10.2 Å². The number of nitrogens with zero attached hydrogens (tertiary/aromatic N) is 6. The van der Waals surface area contributed by atoms with E-state index in [4.69, 9.17) is 4.98 Å². The molecule has 1 N–H and O–H groups in total. The zero-order valence-corrected chi connectivity index (χ0v) is 16.3. The van der Waals surface area contributed by atoms with Crippen molar-refractivity contribution in [3.05, 3.63) is 47.2 Å². The molecule has 0 amide bonds. The van der Waals surface area contributed by atoms with Gasteiger partial charge < -0.3 is 5.32 Å². The van der Waals surface area contributed by atoms with Crippen molar-refractivity contribution in [3.63, 3.8) is 0 Å². The van der Waals surface area contributed by atoms with Gasteiger partial charge in [-0.25, -0.2) is 4.52 Å². The Morgan fingerprint density at radius 1 is 1.25 bits per heavy atom. The monoisotopic (exact) mass is 389 g/mol. The van der Waals surface area contributed by atoms with Crippen molar-refractivity contribution in [1.29, 1.82) is 0 Å². The lowest BCUT2D eigenvalue weighted by molar-refractivity contribution is 0.915. The topological polar surface area (TPSA) is 80.4 Å². The van der Waals surface area contributed by atoms with E-state index in [9.17, 15) is 0 Å². The normalized spacial score (nSPS) is 13.8. The van der Waals surface area contributed by atoms with Crippen LogP contribution in [-0.4, -0.2) is 37.6 Å². The summed E-state index contributed by atoms with van der Waals surface area (Å²) in [5.41, 5.74) is 5.92. The van der Waals surface area contributed by atoms with E-state index in [0.717, 1.165) is 43.7 Å². The molecule has 7 nitrogen and oxygen atoms in total. The van der Waals surface area contributed by atoms with Gasteiger partial charge in [-0.1, -0.05) is 11.3 Å². The lowest BCUT2D eigenvalue weighted by atomic mass is 10.2. The number of hydrogen-bond donors (Lipinski definition) is 1. The number of pyridine rings is 1. The Morgan fingerprint density at radius 2 is 2.14 bits per heavy atom. The highest BCUT2D eigenvalue weighted by molar-refractivity contribution is 7.14. The molecular weight excluding hydrogens is 370 g/mol. The minimum Gasteiger partial charge on any atom is -0.382 e. The van der Waals surface area contributed by atoms with Gasteiger partial charge in [0.05, 0.1) is 35.2 Å². The standard InChI is InChI=1S/C20H19N7S/c1-12-25-26-20(28-12)16-11-22-18(8-17(16)24-14-3-4-14)19-6-5-15-7-13(9-21-2)10-23-27(15)19/h5-8,10-11,14H,2-4,9H2,1H3,(H,22,24). The van der Waals surface area contributed by atoms with Gasteiger partial charge in [0.2, 0.25) is 0 Å². The van der Waals surface area contributed by atoms with Gasteiger partial charge in [0.1, 0.15) is 5.01 Å². The van der Waals surface area contributed by atoms with Crippen molar-refractivity contribution in [2.75, 3.05) is 5.32 Å². The second-order valence-electron chi connectivity index (χ2n) is 6.96. The Balaban J connectivity index is 1.58. The molecule has 140 valence electrons. The number of aryl methyl sites for hydroxylation is 1. The minimum atomic E-state index is 0.527. The van der Waals surface area contributed by atoms with Crippen molar-refractivity contribution in [2.24, 2.45) is 4.99 Å². The molecule has 0 aliphatic heterocycles. The molecule has 28 heavy (non-hydrogen) atoms. The SMILES string of the molecule is C=NCc1cnn2c(-c3cc(NC4CC4)c(-c4nnc(C)s4)cn3)ccc2c1. The average molecular weight is 389 g/mol. The summed E-state index contributed by atoms with van der Waals surface area (Å²) in [4.78, 5) is 8.65. The van der Waals surface area contributed by atoms with E-state index in [1.54, 1.807) is 11.3 Å². The van der Waals surface area contributed by atoms with E-state index in [1.165, 1.54) is 12.8 Å². The van der Waals surface area contributed by atoms with E-state index in [-0.39, 0.29) is 0 Å². The van der Waals surface area contributed by atoms with Crippen LogP contribution in [0.3, 0.4) is 0 Å². The molecule has 4 aromatic rings. The summed E-state index contributed by atoms with van der Waals surface area (Å²) in [6.07, 6.45) is 6.10. The number of rotatable bonds is 6. The van der Waals surface area contributed by atoms with Gasteiger partial charge in [-0.3, -0.25) is 9.98 Å².